The number of halogens is 3. The molecule has 1 aromatic carbocycles. The zero-order chi connectivity index (χ0) is 20.8. The molecule has 1 atom stereocenters. The predicted molar refractivity (Wildman–Crippen MR) is 107 cm³/mol. The van der Waals surface area contributed by atoms with Crippen molar-refractivity contribution in [2.45, 2.75) is 12.6 Å². The Morgan fingerprint density at radius 3 is 2.86 bits per heavy atom. The van der Waals surface area contributed by atoms with Gasteiger partial charge in [0.15, 0.2) is 11.6 Å². The van der Waals surface area contributed by atoms with E-state index in [-0.39, 0.29) is 36.3 Å². The summed E-state index contributed by atoms with van der Waals surface area (Å²) in [5.74, 6) is -1.63. The fourth-order valence-electron chi connectivity index (χ4n) is 3.21. The molecule has 0 amide bonds. The molecule has 11 heteroatoms. The number of alkyl halides is 1. The summed E-state index contributed by atoms with van der Waals surface area (Å²) in [6, 6.07) is 5.53. The van der Waals surface area contributed by atoms with Gasteiger partial charge >= 0.3 is 10.2 Å². The van der Waals surface area contributed by atoms with Crippen molar-refractivity contribution in [3.05, 3.63) is 58.1 Å². The molecule has 2 N–H and O–H groups in total. The Balaban J connectivity index is 1.67. The Bertz CT molecular complexity index is 1220. The van der Waals surface area contributed by atoms with Gasteiger partial charge in [-0.2, -0.15) is 12.7 Å². The normalized spacial score (nSPS) is 17.7. The fourth-order valence-corrected chi connectivity index (χ4v) is 4.81. The average molecular weight is 485 g/mol. The number of aromatic nitrogens is 2. The van der Waals surface area contributed by atoms with Crippen molar-refractivity contribution in [1.29, 1.82) is 0 Å². The monoisotopic (exact) mass is 484 g/mol. The van der Waals surface area contributed by atoms with Crippen LogP contribution in [-0.2, 0) is 10.2 Å². The van der Waals surface area contributed by atoms with Crippen LogP contribution in [0.5, 0.6) is 0 Å². The van der Waals surface area contributed by atoms with Crippen LogP contribution in [0.2, 0.25) is 0 Å². The van der Waals surface area contributed by atoms with Crippen LogP contribution < -0.4 is 4.72 Å². The van der Waals surface area contributed by atoms with Crippen molar-refractivity contribution in [1.82, 2.24) is 14.3 Å². The van der Waals surface area contributed by atoms with Crippen molar-refractivity contribution in [2.24, 2.45) is 0 Å². The number of benzene rings is 1. The van der Waals surface area contributed by atoms with Gasteiger partial charge in [-0.3, -0.25) is 9.52 Å². The van der Waals surface area contributed by atoms with E-state index >= 15 is 4.39 Å². The maximum absolute atomic E-state index is 15.0. The number of fused-ring (bicyclic) bond motifs is 1. The Morgan fingerprint density at radius 2 is 2.14 bits per heavy atom. The molecule has 0 radical (unpaired) electrons. The molecule has 1 fully saturated rings. The molecule has 7 nitrogen and oxygen atoms in total. The number of hydrogen-bond donors (Lipinski definition) is 2. The van der Waals surface area contributed by atoms with Gasteiger partial charge in [0.25, 0.3) is 0 Å². The van der Waals surface area contributed by atoms with Crippen LogP contribution in [0.25, 0.3) is 11.0 Å². The van der Waals surface area contributed by atoms with E-state index in [0.29, 0.717) is 15.5 Å². The number of nitrogens with one attached hydrogen (secondary N) is 2. The lowest BCUT2D eigenvalue weighted by atomic mass is 10.0. The number of nitrogens with zero attached hydrogens (tertiary/aromatic N) is 2. The van der Waals surface area contributed by atoms with E-state index in [4.69, 9.17) is 0 Å². The highest BCUT2D eigenvalue weighted by Gasteiger charge is 2.32. The van der Waals surface area contributed by atoms with Gasteiger partial charge in [0.1, 0.15) is 11.8 Å². The molecule has 0 spiro atoms. The lowest BCUT2D eigenvalue weighted by molar-refractivity contribution is 0.103. The van der Waals surface area contributed by atoms with E-state index < -0.39 is 28.0 Å². The highest BCUT2D eigenvalue weighted by Crippen LogP contribution is 2.27. The van der Waals surface area contributed by atoms with Gasteiger partial charge in [-0.05, 0) is 40.5 Å². The van der Waals surface area contributed by atoms with Crippen LogP contribution >= 0.6 is 15.9 Å². The first-order valence-electron chi connectivity index (χ1n) is 8.64. The van der Waals surface area contributed by atoms with Crippen molar-refractivity contribution in [3.8, 4) is 0 Å². The third-order valence-corrected chi connectivity index (χ3v) is 6.58. The minimum atomic E-state index is -4.14. The molecule has 1 aliphatic rings. The van der Waals surface area contributed by atoms with E-state index in [9.17, 15) is 17.6 Å². The van der Waals surface area contributed by atoms with Crippen molar-refractivity contribution in [3.63, 3.8) is 0 Å². The smallest absolute Gasteiger partial charge is 0.301 e. The van der Waals surface area contributed by atoms with Gasteiger partial charge in [0.05, 0.1) is 11.3 Å². The van der Waals surface area contributed by atoms with Gasteiger partial charge in [0, 0.05) is 40.9 Å². The average Bonchev–Trinajstić information content (AvgIpc) is 3.29. The summed E-state index contributed by atoms with van der Waals surface area (Å²) in [5.41, 5.74) is -0.00989. The van der Waals surface area contributed by atoms with E-state index in [0.717, 1.165) is 4.31 Å². The second-order valence-electron chi connectivity index (χ2n) is 6.60. The third-order valence-electron chi connectivity index (χ3n) is 4.66. The van der Waals surface area contributed by atoms with E-state index in [1.807, 2.05) is 0 Å². The summed E-state index contributed by atoms with van der Waals surface area (Å²) in [4.78, 5) is 19.9. The number of rotatable bonds is 5. The summed E-state index contributed by atoms with van der Waals surface area (Å²) >= 11 is 3.28. The maximum Gasteiger partial charge on any atom is 0.301 e. The Hall–Kier alpha value is -2.37. The number of anilines is 1. The zero-order valence-corrected chi connectivity index (χ0v) is 17.2. The minimum Gasteiger partial charge on any atom is -0.345 e. The Morgan fingerprint density at radius 1 is 1.34 bits per heavy atom. The number of carbonyl (C=O) groups excluding carboxylic acids is 1. The first-order valence-corrected chi connectivity index (χ1v) is 10.9. The van der Waals surface area contributed by atoms with Gasteiger partial charge in [0.2, 0.25) is 0 Å². The lowest BCUT2D eigenvalue weighted by Crippen LogP contribution is -2.34. The molecule has 152 valence electrons. The summed E-state index contributed by atoms with van der Waals surface area (Å²) in [5, 5.41) is 0.501. The van der Waals surface area contributed by atoms with Crippen molar-refractivity contribution in [2.75, 3.05) is 17.8 Å². The van der Waals surface area contributed by atoms with Gasteiger partial charge in [-0.15, -0.1) is 0 Å². The van der Waals surface area contributed by atoms with Gasteiger partial charge in [-0.1, -0.05) is 6.07 Å². The van der Waals surface area contributed by atoms with E-state index in [1.54, 1.807) is 12.3 Å². The molecule has 4 rings (SSSR count). The van der Waals surface area contributed by atoms with Gasteiger partial charge in [-0.25, -0.2) is 13.8 Å². The van der Waals surface area contributed by atoms with Crippen LogP contribution in [0, 0.1) is 5.82 Å². The maximum atomic E-state index is 15.0. The minimum absolute atomic E-state index is 0.00789. The van der Waals surface area contributed by atoms with Crippen molar-refractivity contribution >= 4 is 48.6 Å². The quantitative estimate of drug-likeness (QED) is 0.542. The SMILES string of the molecule is O=C(c1cccc(NS(=O)(=O)N2CCC(F)C2)c1F)c1c[nH]c2ncc(Br)cc12. The molecule has 3 aromatic rings. The lowest BCUT2D eigenvalue weighted by Gasteiger charge is -2.17. The van der Waals surface area contributed by atoms with Crippen LogP contribution in [0.1, 0.15) is 22.3 Å². The number of ketones is 1. The summed E-state index contributed by atoms with van der Waals surface area (Å²) in [7, 11) is -4.14. The molecule has 1 unspecified atom stereocenters. The van der Waals surface area contributed by atoms with Crippen LogP contribution in [-0.4, -0.2) is 47.7 Å². The largest absolute Gasteiger partial charge is 0.345 e. The van der Waals surface area contributed by atoms with Crippen molar-refractivity contribution < 1.29 is 22.0 Å². The Kier molecular flexibility index (Phi) is 5.13. The summed E-state index contributed by atoms with van der Waals surface area (Å²) < 4.78 is 56.8. The number of carbonyl (C=O) groups is 1. The second kappa shape index (κ2) is 7.47. The van der Waals surface area contributed by atoms with Gasteiger partial charge < -0.3 is 4.98 Å². The number of hydrogen-bond acceptors (Lipinski definition) is 4. The first kappa shape index (κ1) is 19.9. The van der Waals surface area contributed by atoms with E-state index in [1.165, 1.54) is 24.4 Å². The van der Waals surface area contributed by atoms with Crippen LogP contribution in [0.15, 0.2) is 41.1 Å². The number of aromatic amines is 1. The molecule has 0 bridgehead atoms. The van der Waals surface area contributed by atoms with E-state index in [2.05, 4.69) is 30.6 Å². The van der Waals surface area contributed by atoms with Crippen LogP contribution in [0.4, 0.5) is 14.5 Å². The zero-order valence-electron chi connectivity index (χ0n) is 14.8. The molecule has 2 aromatic heterocycles. The molecule has 3 heterocycles. The molecule has 0 aliphatic carbocycles. The van der Waals surface area contributed by atoms with Crippen LogP contribution in [0.3, 0.4) is 0 Å². The molecule has 1 aliphatic heterocycles. The fraction of sp³-hybridized carbons (Fsp3) is 0.222. The number of H-pyrrole nitrogens is 1. The third kappa shape index (κ3) is 3.77. The molecule has 29 heavy (non-hydrogen) atoms. The summed E-state index contributed by atoms with van der Waals surface area (Å²) in [6.45, 7) is -0.277. The molecule has 0 saturated carbocycles. The Labute approximate surface area is 173 Å². The molecule has 1 saturated heterocycles. The molecular formula is C18H15BrF2N4O3S. The second-order valence-corrected chi connectivity index (χ2v) is 9.19. The highest BCUT2D eigenvalue weighted by molar-refractivity contribution is 9.10. The first-order chi connectivity index (χ1) is 13.8. The number of pyridine rings is 1. The standard InChI is InChI=1S/C18H15BrF2N4O3S/c19-10-6-13-14(8-23-18(13)22-7-10)17(26)12-2-1-3-15(16(12)21)24-29(27,28)25-5-4-11(20)9-25/h1-3,6-8,11,24H,4-5,9H2,(H,22,23). The highest BCUT2D eigenvalue weighted by atomic mass is 79.9. The molecular weight excluding hydrogens is 470 g/mol. The summed E-state index contributed by atoms with van der Waals surface area (Å²) in [6.07, 6.45) is 1.82. The topological polar surface area (TPSA) is 95.2 Å². The predicted octanol–water partition coefficient (Wildman–Crippen LogP) is 3.40.